The lowest BCUT2D eigenvalue weighted by Gasteiger charge is -2.22. The largest absolute Gasteiger partial charge is 0.371 e. The van der Waals surface area contributed by atoms with Gasteiger partial charge in [-0.15, -0.1) is 10.2 Å². The van der Waals surface area contributed by atoms with E-state index >= 15 is 0 Å². The van der Waals surface area contributed by atoms with E-state index in [1.54, 1.807) is 11.3 Å². The number of nitrogens with zero attached hydrogens (tertiary/aromatic N) is 4. The van der Waals surface area contributed by atoms with E-state index in [1.807, 2.05) is 4.52 Å². The lowest BCUT2D eigenvalue weighted by atomic mass is 9.96. The molecule has 0 saturated carbocycles. The van der Waals surface area contributed by atoms with Gasteiger partial charge < -0.3 is 10.1 Å². The van der Waals surface area contributed by atoms with Crippen molar-refractivity contribution in [2.75, 3.05) is 13.1 Å². The van der Waals surface area contributed by atoms with Gasteiger partial charge in [0.15, 0.2) is 5.82 Å². The summed E-state index contributed by atoms with van der Waals surface area (Å²) in [6, 6.07) is 0. The Morgan fingerprint density at radius 1 is 1.30 bits per heavy atom. The molecule has 1 fully saturated rings. The van der Waals surface area contributed by atoms with Crippen LogP contribution in [0.4, 0.5) is 0 Å². The smallest absolute Gasteiger partial charge is 0.234 e. The molecular weight excluding hydrogens is 274 g/mol. The fraction of sp³-hybridized carbons (Fsp3) is 0.769. The average Bonchev–Trinajstić information content (AvgIpc) is 2.95. The van der Waals surface area contributed by atoms with Crippen molar-refractivity contribution in [2.45, 2.75) is 51.7 Å². The molecule has 2 aromatic rings. The van der Waals surface area contributed by atoms with Crippen LogP contribution in [-0.4, -0.2) is 39.0 Å². The van der Waals surface area contributed by atoms with Gasteiger partial charge in [0.2, 0.25) is 4.96 Å². The summed E-state index contributed by atoms with van der Waals surface area (Å²) < 4.78 is 7.79. The van der Waals surface area contributed by atoms with E-state index in [0.29, 0.717) is 12.7 Å². The summed E-state index contributed by atoms with van der Waals surface area (Å²) in [5.74, 6) is 0.900. The average molecular weight is 295 g/mol. The van der Waals surface area contributed by atoms with Gasteiger partial charge in [0.1, 0.15) is 11.6 Å². The second-order valence-electron chi connectivity index (χ2n) is 6.22. The van der Waals surface area contributed by atoms with Gasteiger partial charge in [-0.1, -0.05) is 32.1 Å². The molecule has 3 heterocycles. The van der Waals surface area contributed by atoms with Gasteiger partial charge in [-0.2, -0.15) is 9.61 Å². The molecular formula is C13H21N5OS. The number of aromatic nitrogens is 4. The SMILES string of the molecule is CC(C)(C)c1nnc2sc(COC3CCNCC3)nn12. The first-order valence-electron chi connectivity index (χ1n) is 7.08. The van der Waals surface area contributed by atoms with Crippen molar-refractivity contribution in [3.63, 3.8) is 0 Å². The fourth-order valence-electron chi connectivity index (χ4n) is 2.33. The highest BCUT2D eigenvalue weighted by Gasteiger charge is 2.23. The summed E-state index contributed by atoms with van der Waals surface area (Å²) in [6.07, 6.45) is 2.52. The van der Waals surface area contributed by atoms with E-state index in [1.165, 1.54) is 0 Å². The Morgan fingerprint density at radius 3 is 2.75 bits per heavy atom. The predicted molar refractivity (Wildman–Crippen MR) is 78.0 cm³/mol. The predicted octanol–water partition coefficient (Wildman–Crippen LogP) is 1.75. The topological polar surface area (TPSA) is 64.3 Å². The van der Waals surface area contributed by atoms with Crippen LogP contribution in [0.3, 0.4) is 0 Å². The number of hydrogen-bond acceptors (Lipinski definition) is 6. The zero-order chi connectivity index (χ0) is 14.2. The molecule has 0 atom stereocenters. The lowest BCUT2D eigenvalue weighted by Crippen LogP contribution is -2.32. The molecule has 7 heteroatoms. The van der Waals surface area contributed by atoms with E-state index in [0.717, 1.165) is 41.7 Å². The Kier molecular flexibility index (Phi) is 3.74. The molecule has 1 aliphatic heterocycles. The van der Waals surface area contributed by atoms with Crippen molar-refractivity contribution in [1.82, 2.24) is 25.1 Å². The minimum Gasteiger partial charge on any atom is -0.371 e. The molecule has 1 aliphatic rings. The molecule has 0 aliphatic carbocycles. The number of hydrogen-bond donors (Lipinski definition) is 1. The Hall–Kier alpha value is -1.05. The van der Waals surface area contributed by atoms with Gasteiger partial charge in [-0.05, 0) is 25.9 Å². The molecule has 0 radical (unpaired) electrons. The summed E-state index contributed by atoms with van der Waals surface area (Å²) >= 11 is 1.56. The van der Waals surface area contributed by atoms with Crippen molar-refractivity contribution in [1.29, 1.82) is 0 Å². The lowest BCUT2D eigenvalue weighted by molar-refractivity contribution is 0.0208. The van der Waals surface area contributed by atoms with E-state index in [9.17, 15) is 0 Å². The molecule has 3 rings (SSSR count). The molecule has 0 amide bonds. The van der Waals surface area contributed by atoms with Crippen molar-refractivity contribution < 1.29 is 4.74 Å². The second-order valence-corrected chi connectivity index (χ2v) is 7.26. The van der Waals surface area contributed by atoms with Crippen molar-refractivity contribution in [2.24, 2.45) is 0 Å². The normalized spacial score (nSPS) is 17.9. The summed E-state index contributed by atoms with van der Waals surface area (Å²) in [5, 5.41) is 17.3. The number of nitrogens with one attached hydrogen (secondary N) is 1. The van der Waals surface area contributed by atoms with Crippen LogP contribution in [0.2, 0.25) is 0 Å². The first kappa shape index (κ1) is 13.9. The van der Waals surface area contributed by atoms with Crippen LogP contribution in [0.25, 0.3) is 4.96 Å². The molecule has 0 spiro atoms. The summed E-state index contributed by atoms with van der Waals surface area (Å²) in [6.45, 7) is 9.02. The maximum absolute atomic E-state index is 5.94. The van der Waals surface area contributed by atoms with Crippen LogP contribution in [0, 0.1) is 0 Å². The Morgan fingerprint density at radius 2 is 2.05 bits per heavy atom. The first-order chi connectivity index (χ1) is 9.54. The minimum atomic E-state index is -0.0549. The van der Waals surface area contributed by atoms with E-state index in [-0.39, 0.29) is 5.41 Å². The maximum Gasteiger partial charge on any atom is 0.234 e. The highest BCUT2D eigenvalue weighted by atomic mass is 32.1. The molecule has 110 valence electrons. The van der Waals surface area contributed by atoms with Crippen LogP contribution in [0.1, 0.15) is 44.4 Å². The van der Waals surface area contributed by atoms with Crippen molar-refractivity contribution in [3.8, 4) is 0 Å². The van der Waals surface area contributed by atoms with Crippen molar-refractivity contribution >= 4 is 16.3 Å². The van der Waals surface area contributed by atoms with Crippen LogP contribution < -0.4 is 5.32 Å². The Bertz CT molecular complexity index is 579. The molecule has 0 unspecified atom stereocenters. The summed E-state index contributed by atoms with van der Waals surface area (Å²) in [5.41, 5.74) is -0.0549. The van der Waals surface area contributed by atoms with Gasteiger partial charge in [0.05, 0.1) is 6.10 Å². The molecule has 1 saturated heterocycles. The summed E-state index contributed by atoms with van der Waals surface area (Å²) in [4.78, 5) is 0.846. The Balaban J connectivity index is 1.71. The molecule has 0 aromatic carbocycles. The Labute approximate surface area is 122 Å². The van der Waals surface area contributed by atoms with Crippen LogP contribution >= 0.6 is 11.3 Å². The highest BCUT2D eigenvalue weighted by molar-refractivity contribution is 7.16. The van der Waals surface area contributed by atoms with Crippen LogP contribution in [0.15, 0.2) is 0 Å². The van der Waals surface area contributed by atoms with Gasteiger partial charge in [0, 0.05) is 5.41 Å². The third-order valence-corrected chi connectivity index (χ3v) is 4.30. The van der Waals surface area contributed by atoms with Gasteiger partial charge in [-0.25, -0.2) is 0 Å². The first-order valence-corrected chi connectivity index (χ1v) is 7.89. The highest BCUT2D eigenvalue weighted by Crippen LogP contribution is 2.24. The maximum atomic E-state index is 5.94. The van der Waals surface area contributed by atoms with Crippen LogP contribution in [-0.2, 0) is 16.8 Å². The van der Waals surface area contributed by atoms with E-state index < -0.39 is 0 Å². The van der Waals surface area contributed by atoms with Crippen molar-refractivity contribution in [3.05, 3.63) is 10.8 Å². The number of ether oxygens (including phenoxy) is 1. The fourth-order valence-corrected chi connectivity index (χ4v) is 3.09. The number of rotatable bonds is 3. The third-order valence-electron chi connectivity index (χ3n) is 3.43. The van der Waals surface area contributed by atoms with Gasteiger partial charge in [0.25, 0.3) is 0 Å². The molecule has 0 bridgehead atoms. The van der Waals surface area contributed by atoms with Crippen LogP contribution in [0.5, 0.6) is 0 Å². The molecule has 20 heavy (non-hydrogen) atoms. The second kappa shape index (κ2) is 5.38. The minimum absolute atomic E-state index is 0.0549. The third kappa shape index (κ3) is 2.84. The number of piperidine rings is 1. The monoisotopic (exact) mass is 295 g/mol. The molecule has 6 nitrogen and oxygen atoms in total. The summed E-state index contributed by atoms with van der Waals surface area (Å²) in [7, 11) is 0. The van der Waals surface area contributed by atoms with Gasteiger partial charge >= 0.3 is 0 Å². The molecule has 1 N–H and O–H groups in total. The quantitative estimate of drug-likeness (QED) is 0.934. The zero-order valence-corrected chi connectivity index (χ0v) is 13.0. The van der Waals surface area contributed by atoms with Gasteiger partial charge in [-0.3, -0.25) is 0 Å². The standard InChI is InChI=1S/C13H21N5OS/c1-13(2,3)11-15-16-12-18(11)17-10(20-12)8-19-9-4-6-14-7-5-9/h9,14H,4-8H2,1-3H3. The number of fused-ring (bicyclic) bond motifs is 1. The van der Waals surface area contributed by atoms with E-state index in [4.69, 9.17) is 4.74 Å². The van der Waals surface area contributed by atoms with E-state index in [2.05, 4.69) is 41.4 Å². The molecule has 2 aromatic heterocycles. The zero-order valence-electron chi connectivity index (χ0n) is 12.2.